The molecule has 116 valence electrons. The Morgan fingerprint density at radius 3 is 2.23 bits per heavy atom. The monoisotopic (exact) mass is 311 g/mol. The molecule has 0 saturated carbocycles. The number of hydroxylamine groups is 1. The fraction of sp³-hybridized carbons (Fsp3) is 0.133. The quantitative estimate of drug-likeness (QED) is 0.672. The van der Waals surface area contributed by atoms with Crippen LogP contribution in [-0.2, 0) is 11.0 Å². The van der Waals surface area contributed by atoms with Gasteiger partial charge in [-0.3, -0.25) is 10.0 Å². The number of rotatable bonds is 4. The molecule has 2 aromatic carbocycles. The van der Waals surface area contributed by atoms with Crippen molar-refractivity contribution in [1.29, 1.82) is 0 Å². The van der Waals surface area contributed by atoms with Crippen LogP contribution in [-0.4, -0.2) is 11.1 Å². The zero-order valence-electron chi connectivity index (χ0n) is 11.2. The van der Waals surface area contributed by atoms with Gasteiger partial charge in [0, 0.05) is 5.56 Å². The zero-order chi connectivity index (χ0) is 16.2. The Bertz CT molecular complexity index is 644. The fourth-order valence-electron chi connectivity index (χ4n) is 1.89. The molecular weight excluding hydrogens is 299 g/mol. The van der Waals surface area contributed by atoms with Gasteiger partial charge in [0.2, 0.25) is 6.10 Å². The number of alkyl halides is 3. The molecule has 0 aliphatic rings. The van der Waals surface area contributed by atoms with E-state index in [9.17, 15) is 18.0 Å². The van der Waals surface area contributed by atoms with Crippen LogP contribution in [0.25, 0.3) is 0 Å². The Morgan fingerprint density at radius 1 is 1.05 bits per heavy atom. The molecule has 1 atom stereocenters. The summed E-state index contributed by atoms with van der Waals surface area (Å²) in [5, 5.41) is 8.77. The van der Waals surface area contributed by atoms with Crippen LogP contribution in [0.1, 0.15) is 17.2 Å². The van der Waals surface area contributed by atoms with Crippen LogP contribution >= 0.6 is 0 Å². The van der Waals surface area contributed by atoms with Crippen LogP contribution in [0.4, 0.5) is 13.2 Å². The first-order chi connectivity index (χ1) is 10.4. The SMILES string of the molecule is O=C(NO)C(Oc1ccccc1C(F)(F)F)c1ccccc1. The standard InChI is InChI=1S/C15H12F3NO3/c16-15(17,18)11-8-4-5-9-12(11)22-13(14(20)19-21)10-6-2-1-3-7-10/h1-9,13,21H,(H,19,20). The van der Waals surface area contributed by atoms with E-state index in [1.54, 1.807) is 18.2 Å². The second kappa shape index (κ2) is 6.48. The highest BCUT2D eigenvalue weighted by atomic mass is 19.4. The minimum atomic E-state index is -4.62. The van der Waals surface area contributed by atoms with Gasteiger partial charge in [0.25, 0.3) is 5.91 Å². The normalized spacial score (nSPS) is 12.5. The summed E-state index contributed by atoms with van der Waals surface area (Å²) in [6.45, 7) is 0. The van der Waals surface area contributed by atoms with Gasteiger partial charge in [-0.15, -0.1) is 0 Å². The van der Waals surface area contributed by atoms with Crippen molar-refractivity contribution in [2.45, 2.75) is 12.3 Å². The van der Waals surface area contributed by atoms with Crippen LogP contribution in [0.2, 0.25) is 0 Å². The van der Waals surface area contributed by atoms with E-state index in [0.717, 1.165) is 12.1 Å². The van der Waals surface area contributed by atoms with Crippen molar-refractivity contribution in [3.05, 3.63) is 65.7 Å². The van der Waals surface area contributed by atoms with Crippen molar-refractivity contribution >= 4 is 5.91 Å². The van der Waals surface area contributed by atoms with Gasteiger partial charge in [-0.2, -0.15) is 13.2 Å². The largest absolute Gasteiger partial charge is 0.475 e. The molecule has 0 aliphatic carbocycles. The average molecular weight is 311 g/mol. The minimum absolute atomic E-state index is 0.311. The number of hydrogen-bond acceptors (Lipinski definition) is 3. The minimum Gasteiger partial charge on any atom is -0.475 e. The summed E-state index contributed by atoms with van der Waals surface area (Å²) in [4.78, 5) is 11.7. The number of hydrogen-bond donors (Lipinski definition) is 2. The number of ether oxygens (including phenoxy) is 1. The van der Waals surface area contributed by atoms with E-state index in [1.165, 1.54) is 29.7 Å². The Kier molecular flexibility index (Phi) is 4.67. The van der Waals surface area contributed by atoms with Crippen LogP contribution < -0.4 is 10.2 Å². The first-order valence-electron chi connectivity index (χ1n) is 6.25. The number of para-hydroxylation sites is 1. The van der Waals surface area contributed by atoms with Gasteiger partial charge in [-0.05, 0) is 12.1 Å². The lowest BCUT2D eigenvalue weighted by Gasteiger charge is -2.20. The van der Waals surface area contributed by atoms with E-state index in [0.29, 0.717) is 5.56 Å². The lowest BCUT2D eigenvalue weighted by molar-refractivity contribution is -0.143. The predicted molar refractivity (Wildman–Crippen MR) is 71.2 cm³/mol. The first-order valence-corrected chi connectivity index (χ1v) is 6.25. The summed E-state index contributed by atoms with van der Waals surface area (Å²) in [7, 11) is 0. The van der Waals surface area contributed by atoms with Crippen molar-refractivity contribution in [2.24, 2.45) is 0 Å². The maximum atomic E-state index is 13.0. The van der Waals surface area contributed by atoms with E-state index in [4.69, 9.17) is 9.94 Å². The fourth-order valence-corrected chi connectivity index (χ4v) is 1.89. The van der Waals surface area contributed by atoms with Gasteiger partial charge in [0.15, 0.2) is 0 Å². The number of benzene rings is 2. The van der Waals surface area contributed by atoms with Gasteiger partial charge >= 0.3 is 6.18 Å². The highest BCUT2D eigenvalue weighted by Gasteiger charge is 2.35. The molecule has 1 amide bonds. The van der Waals surface area contributed by atoms with E-state index in [-0.39, 0.29) is 0 Å². The second-order valence-electron chi connectivity index (χ2n) is 4.38. The molecule has 0 saturated heterocycles. The molecule has 4 nitrogen and oxygen atoms in total. The van der Waals surface area contributed by atoms with E-state index >= 15 is 0 Å². The van der Waals surface area contributed by atoms with Gasteiger partial charge in [-0.25, -0.2) is 5.48 Å². The topological polar surface area (TPSA) is 58.6 Å². The summed E-state index contributed by atoms with van der Waals surface area (Å²) < 4.78 is 44.1. The van der Waals surface area contributed by atoms with E-state index in [2.05, 4.69) is 0 Å². The molecule has 7 heteroatoms. The van der Waals surface area contributed by atoms with E-state index < -0.39 is 29.5 Å². The zero-order valence-corrected chi connectivity index (χ0v) is 11.2. The molecule has 2 N–H and O–H groups in total. The Morgan fingerprint density at radius 2 is 1.64 bits per heavy atom. The molecule has 0 heterocycles. The van der Waals surface area contributed by atoms with Gasteiger partial charge in [0.05, 0.1) is 5.56 Å². The number of nitrogens with one attached hydrogen (secondary N) is 1. The molecule has 2 aromatic rings. The predicted octanol–water partition coefficient (Wildman–Crippen LogP) is 3.33. The van der Waals surface area contributed by atoms with Gasteiger partial charge in [-0.1, -0.05) is 42.5 Å². The Balaban J connectivity index is 2.39. The Labute approximate surface area is 124 Å². The first kappa shape index (κ1) is 15.8. The molecule has 22 heavy (non-hydrogen) atoms. The van der Waals surface area contributed by atoms with Crippen LogP contribution in [0.5, 0.6) is 5.75 Å². The molecular formula is C15H12F3NO3. The Hall–Kier alpha value is -2.54. The summed E-state index contributed by atoms with van der Waals surface area (Å²) in [5.41, 5.74) is 0.710. The molecule has 2 rings (SSSR count). The molecule has 0 spiro atoms. The number of carbonyl (C=O) groups is 1. The molecule has 0 aromatic heterocycles. The molecule has 0 radical (unpaired) electrons. The maximum absolute atomic E-state index is 13.0. The third kappa shape index (κ3) is 3.56. The maximum Gasteiger partial charge on any atom is 0.419 e. The second-order valence-corrected chi connectivity index (χ2v) is 4.38. The third-order valence-electron chi connectivity index (χ3n) is 2.89. The van der Waals surface area contributed by atoms with Crippen molar-refractivity contribution in [3.63, 3.8) is 0 Å². The molecule has 1 unspecified atom stereocenters. The van der Waals surface area contributed by atoms with E-state index in [1.807, 2.05) is 0 Å². The van der Waals surface area contributed by atoms with Crippen LogP contribution in [0.3, 0.4) is 0 Å². The van der Waals surface area contributed by atoms with Crippen molar-refractivity contribution < 1.29 is 27.9 Å². The van der Waals surface area contributed by atoms with Crippen molar-refractivity contribution in [3.8, 4) is 5.75 Å². The van der Waals surface area contributed by atoms with Crippen LogP contribution in [0, 0.1) is 0 Å². The lowest BCUT2D eigenvalue weighted by atomic mass is 10.1. The number of carbonyl (C=O) groups excluding carboxylic acids is 1. The number of amides is 1. The van der Waals surface area contributed by atoms with Gasteiger partial charge < -0.3 is 4.74 Å². The van der Waals surface area contributed by atoms with Crippen molar-refractivity contribution in [1.82, 2.24) is 5.48 Å². The third-order valence-corrected chi connectivity index (χ3v) is 2.89. The summed E-state index contributed by atoms with van der Waals surface area (Å²) in [5.74, 6) is -1.46. The van der Waals surface area contributed by atoms with Crippen LogP contribution in [0.15, 0.2) is 54.6 Å². The summed E-state index contributed by atoms with van der Waals surface area (Å²) >= 11 is 0. The van der Waals surface area contributed by atoms with Gasteiger partial charge in [0.1, 0.15) is 5.75 Å². The summed E-state index contributed by atoms with van der Waals surface area (Å²) in [6, 6.07) is 12.5. The highest BCUT2D eigenvalue weighted by Crippen LogP contribution is 2.37. The highest BCUT2D eigenvalue weighted by molar-refractivity contribution is 5.81. The molecule has 0 aliphatic heterocycles. The average Bonchev–Trinajstić information content (AvgIpc) is 2.52. The molecule has 0 bridgehead atoms. The van der Waals surface area contributed by atoms with Crippen molar-refractivity contribution in [2.75, 3.05) is 0 Å². The molecule has 0 fully saturated rings. The number of halogens is 3. The summed E-state index contributed by atoms with van der Waals surface area (Å²) in [6.07, 6.45) is -6.03. The smallest absolute Gasteiger partial charge is 0.419 e. The lowest BCUT2D eigenvalue weighted by Crippen LogP contribution is -2.30.